The Morgan fingerprint density at radius 1 is 0.733 bits per heavy atom. The molecule has 0 N–H and O–H groups in total. The molecule has 0 rings (SSSR count). The number of hydrogen-bond acceptors (Lipinski definition) is 4. The molecule has 0 saturated heterocycles. The molecule has 0 amide bonds. The van der Waals surface area contributed by atoms with E-state index < -0.39 is 19.5 Å². The van der Waals surface area contributed by atoms with Crippen molar-refractivity contribution in [3.05, 3.63) is 0 Å². The van der Waals surface area contributed by atoms with Gasteiger partial charge >= 0.3 is 8.30 Å². The van der Waals surface area contributed by atoms with E-state index in [1.54, 1.807) is 0 Å². The minimum Gasteiger partial charge on any atom is -0.269 e. The largest absolute Gasteiger partial charge is 0.302 e. The summed E-state index contributed by atoms with van der Waals surface area (Å²) in [4.78, 5) is 9.93. The zero-order valence-corrected chi connectivity index (χ0v) is 11.3. The third-order valence-electron chi connectivity index (χ3n) is 0.844. The molecule has 0 aliphatic heterocycles. The third-order valence-corrected chi connectivity index (χ3v) is 1.53. The highest BCUT2D eigenvalue weighted by molar-refractivity contribution is 7.34. The zero-order chi connectivity index (χ0) is 12.3. The molecule has 0 fully saturated rings. The van der Waals surface area contributed by atoms with E-state index in [0.717, 1.165) is 0 Å². The lowest BCUT2D eigenvalue weighted by Gasteiger charge is -2.29. The van der Waals surface area contributed by atoms with Crippen LogP contribution in [0.2, 0.25) is 0 Å². The van der Waals surface area contributed by atoms with Crippen molar-refractivity contribution < 1.29 is 18.9 Å². The molecule has 84 valence electrons. The topological polar surface area (TPSA) is 36.9 Å². The Balaban J connectivity index is 3.98. The van der Waals surface area contributed by atoms with Crippen molar-refractivity contribution in [3.63, 3.8) is 0 Å². The lowest BCUT2D eigenvalue weighted by atomic mass is 10.2. The first-order valence-electron chi connectivity index (χ1n) is 4.73. The van der Waals surface area contributed by atoms with Gasteiger partial charge in [0.25, 0.3) is 0 Å². The first-order chi connectivity index (χ1) is 6.41. The van der Waals surface area contributed by atoms with E-state index >= 15 is 0 Å². The monoisotopic (exact) mass is 228 g/mol. The van der Waals surface area contributed by atoms with E-state index in [2.05, 4.69) is 0 Å². The summed E-state index contributed by atoms with van der Waals surface area (Å²) in [5, 5.41) is 0. The SMILES string of the molecule is [B][Si]([B])(OOC(C)(C)C)OOC(C)(C)C. The van der Waals surface area contributed by atoms with Crippen LogP contribution in [0, 0.1) is 0 Å². The Bertz CT molecular complexity index is 178. The second-order valence-electron chi connectivity index (χ2n) is 5.28. The van der Waals surface area contributed by atoms with Crippen LogP contribution in [-0.2, 0) is 18.9 Å². The van der Waals surface area contributed by atoms with Gasteiger partial charge in [0, 0.05) is 0 Å². The van der Waals surface area contributed by atoms with Crippen LogP contribution < -0.4 is 0 Å². The van der Waals surface area contributed by atoms with Crippen molar-refractivity contribution in [2.75, 3.05) is 0 Å². The fraction of sp³-hybridized carbons (Fsp3) is 1.00. The Kier molecular flexibility index (Phi) is 5.07. The smallest absolute Gasteiger partial charge is 0.269 e. The van der Waals surface area contributed by atoms with Crippen LogP contribution in [0.3, 0.4) is 0 Å². The predicted molar refractivity (Wildman–Crippen MR) is 61.1 cm³/mol. The van der Waals surface area contributed by atoms with Crippen molar-refractivity contribution in [3.8, 4) is 0 Å². The van der Waals surface area contributed by atoms with Gasteiger partial charge in [0.15, 0.2) is 0 Å². The second kappa shape index (κ2) is 5.01. The molecule has 0 saturated carbocycles. The van der Waals surface area contributed by atoms with Gasteiger partial charge in [-0.15, -0.1) is 0 Å². The van der Waals surface area contributed by atoms with E-state index in [9.17, 15) is 0 Å². The second-order valence-corrected chi connectivity index (χ2v) is 7.06. The zero-order valence-electron chi connectivity index (χ0n) is 10.3. The molecule has 7 heteroatoms. The van der Waals surface area contributed by atoms with E-state index in [0.29, 0.717) is 0 Å². The van der Waals surface area contributed by atoms with Crippen LogP contribution in [0.1, 0.15) is 41.5 Å². The van der Waals surface area contributed by atoms with Crippen LogP contribution >= 0.6 is 0 Å². The van der Waals surface area contributed by atoms with Crippen LogP contribution in [-0.4, -0.2) is 34.4 Å². The maximum Gasteiger partial charge on any atom is 0.302 e. The lowest BCUT2D eigenvalue weighted by Crippen LogP contribution is -2.48. The van der Waals surface area contributed by atoms with Crippen molar-refractivity contribution in [2.45, 2.75) is 52.7 Å². The molecule has 15 heavy (non-hydrogen) atoms. The Morgan fingerprint density at radius 2 is 1.00 bits per heavy atom. The summed E-state index contributed by atoms with van der Waals surface area (Å²) < 4.78 is 9.67. The molecule has 0 aromatic heterocycles. The third kappa shape index (κ3) is 10.5. The summed E-state index contributed by atoms with van der Waals surface area (Å²) in [6.45, 7) is 10.8. The van der Waals surface area contributed by atoms with Crippen LogP contribution in [0.5, 0.6) is 0 Å². The normalized spacial score (nSPS) is 14.3. The van der Waals surface area contributed by atoms with Gasteiger partial charge in [-0.2, -0.15) is 0 Å². The summed E-state index contributed by atoms with van der Waals surface area (Å²) in [7, 11) is 7.74. The fourth-order valence-corrected chi connectivity index (χ4v) is 1.18. The van der Waals surface area contributed by atoms with E-state index in [1.165, 1.54) is 0 Å². The Hall–Kier alpha value is 0.187. The standard InChI is InChI=1S/C8H18B2O4Si/c1-7(2,3)11-13-15(9,10)14-12-8(4,5)6/h1-6H3. The van der Waals surface area contributed by atoms with Crippen LogP contribution in [0.4, 0.5) is 0 Å². The van der Waals surface area contributed by atoms with Crippen molar-refractivity contribution in [2.24, 2.45) is 0 Å². The molecule has 0 atom stereocenters. The summed E-state index contributed by atoms with van der Waals surface area (Å²) in [6.07, 6.45) is 0. The minimum atomic E-state index is -3.37. The first-order valence-corrected chi connectivity index (χ1v) is 6.70. The summed E-state index contributed by atoms with van der Waals surface area (Å²) in [5.74, 6) is 0. The van der Waals surface area contributed by atoms with Crippen molar-refractivity contribution in [1.82, 2.24) is 0 Å². The molecular weight excluding hydrogens is 210 g/mol. The molecule has 0 spiro atoms. The van der Waals surface area contributed by atoms with Gasteiger partial charge in [-0.3, -0.25) is 9.15 Å². The molecule has 4 radical (unpaired) electrons. The molecule has 0 aliphatic rings. The van der Waals surface area contributed by atoms with Crippen LogP contribution in [0.15, 0.2) is 0 Å². The van der Waals surface area contributed by atoms with Gasteiger partial charge in [0.1, 0.15) is 14.9 Å². The van der Waals surface area contributed by atoms with E-state index in [4.69, 9.17) is 33.8 Å². The van der Waals surface area contributed by atoms with Gasteiger partial charge in [-0.1, -0.05) is 0 Å². The molecule has 4 nitrogen and oxygen atoms in total. The quantitative estimate of drug-likeness (QED) is 0.412. The molecule has 0 aromatic carbocycles. The molecule has 0 bridgehead atoms. The maximum atomic E-state index is 5.55. The highest BCUT2D eigenvalue weighted by atomic mass is 28.4. The first kappa shape index (κ1) is 15.2. The maximum absolute atomic E-state index is 5.55. The van der Waals surface area contributed by atoms with Gasteiger partial charge in [0.2, 0.25) is 0 Å². The average Bonchev–Trinajstić information content (AvgIpc) is 1.96. The summed E-state index contributed by atoms with van der Waals surface area (Å²) in [6, 6.07) is 0. The molecule has 0 aromatic rings. The Morgan fingerprint density at radius 3 is 1.20 bits per heavy atom. The van der Waals surface area contributed by atoms with Crippen molar-refractivity contribution >= 4 is 23.2 Å². The Labute approximate surface area is 95.4 Å². The molecular formula is C8H18B2O4Si. The van der Waals surface area contributed by atoms with E-state index in [-0.39, 0.29) is 0 Å². The fourth-order valence-electron chi connectivity index (χ4n) is 0.394. The van der Waals surface area contributed by atoms with Gasteiger partial charge in [-0.05, 0) is 41.5 Å². The molecule has 0 unspecified atom stereocenters. The van der Waals surface area contributed by atoms with Crippen molar-refractivity contribution in [1.29, 1.82) is 0 Å². The summed E-state index contributed by atoms with van der Waals surface area (Å²) >= 11 is 0. The molecule has 0 aliphatic carbocycles. The number of hydrogen-bond donors (Lipinski definition) is 0. The highest BCUT2D eigenvalue weighted by Crippen LogP contribution is 2.14. The van der Waals surface area contributed by atoms with Gasteiger partial charge < -0.3 is 0 Å². The summed E-state index contributed by atoms with van der Waals surface area (Å²) in [5.41, 5.74) is -0.996. The van der Waals surface area contributed by atoms with E-state index in [1.807, 2.05) is 41.5 Å². The van der Waals surface area contributed by atoms with Gasteiger partial charge in [0.05, 0.1) is 11.2 Å². The highest BCUT2D eigenvalue weighted by Gasteiger charge is 2.30. The lowest BCUT2D eigenvalue weighted by molar-refractivity contribution is -0.339. The van der Waals surface area contributed by atoms with Gasteiger partial charge in [-0.25, -0.2) is 9.78 Å². The minimum absolute atomic E-state index is 0.498. The predicted octanol–water partition coefficient (Wildman–Crippen LogP) is 1.25. The average molecular weight is 228 g/mol. The molecule has 0 heterocycles. The number of rotatable bonds is 4. The van der Waals surface area contributed by atoms with Crippen LogP contribution in [0.25, 0.3) is 0 Å².